The molecule has 1 N–H and O–H groups in total. The summed E-state index contributed by atoms with van der Waals surface area (Å²) in [7, 11) is -12.6. The Balaban J connectivity index is 0.00000361. The summed E-state index contributed by atoms with van der Waals surface area (Å²) in [6, 6.07) is 0. The third-order valence-corrected chi connectivity index (χ3v) is 4.72. The van der Waals surface area contributed by atoms with E-state index < -0.39 is 40.7 Å². The quantitative estimate of drug-likeness (QED) is 0.629. The largest absolute Gasteiger partial charge is 0.503 e. The van der Waals surface area contributed by atoms with Gasteiger partial charge in [0.1, 0.15) is 0 Å². The van der Waals surface area contributed by atoms with Crippen LogP contribution in [0.1, 0.15) is 0 Å². The number of hydrogen-bond donors (Lipinski definition) is 1. The summed E-state index contributed by atoms with van der Waals surface area (Å²) < 4.78 is 116. The summed E-state index contributed by atoms with van der Waals surface area (Å²) in [4.78, 5) is 3.72. The number of hydrogen-bond acceptors (Lipinski definition) is 5. The molecule has 1 aromatic rings. The predicted molar refractivity (Wildman–Crippen MR) is 50.8 cm³/mol. The third-order valence-electron chi connectivity index (χ3n) is 1.70. The molecule has 0 spiro atoms. The first-order valence-electron chi connectivity index (χ1n) is 3.89. The number of halogens is 6. The van der Waals surface area contributed by atoms with Crippen LogP contribution in [0.2, 0.25) is 0 Å². The Hall–Kier alpha value is -0.713. The van der Waals surface area contributed by atoms with Crippen molar-refractivity contribution in [3.05, 3.63) is 6.33 Å². The molecule has 0 atom stereocenters. The van der Waals surface area contributed by atoms with Gasteiger partial charge in [0.05, 0.1) is 6.33 Å². The molecule has 15 heteroatoms. The molecule has 0 aliphatic rings. The zero-order valence-electron chi connectivity index (χ0n) is 9.24. The van der Waals surface area contributed by atoms with Gasteiger partial charge < -0.3 is 4.98 Å². The molecule has 0 aromatic carbocycles. The summed E-state index contributed by atoms with van der Waals surface area (Å²) in [5.41, 5.74) is -12.0. The normalized spacial score (nSPS) is 13.9. The monoisotopic (exact) mass is 339 g/mol. The van der Waals surface area contributed by atoms with Gasteiger partial charge in [-0.2, -0.15) is 26.3 Å². The molecule has 0 saturated carbocycles. The number of nitrogens with zero attached hydrogens (tertiary/aromatic N) is 1. The topological polar surface area (TPSA) is 97.0 Å². The van der Waals surface area contributed by atoms with E-state index in [1.807, 2.05) is 0 Å². The predicted octanol–water partition coefficient (Wildman–Crippen LogP) is 0.616. The third kappa shape index (κ3) is 2.97. The first kappa shape index (κ1) is 19.3. The molecule has 0 unspecified atom stereocenters. The number of aromatic nitrogens is 2. The van der Waals surface area contributed by atoms with Gasteiger partial charge in [0.25, 0.3) is 19.7 Å². The first-order valence-corrected chi connectivity index (χ1v) is 6.85. The van der Waals surface area contributed by atoms with Gasteiger partial charge in [-0.25, -0.2) is 21.8 Å². The van der Waals surface area contributed by atoms with Crippen LogP contribution in [0.15, 0.2) is 16.4 Å². The van der Waals surface area contributed by atoms with E-state index in [0.717, 1.165) is 0 Å². The van der Waals surface area contributed by atoms with E-state index in [2.05, 4.69) is 4.98 Å². The zero-order chi connectivity index (χ0) is 15.3. The SMILES string of the molecule is O=S(=O)(c1nc[nH]c1S(=O)(=O)C(F)(F)F)C(F)(F)F.[Li]. The van der Waals surface area contributed by atoms with Crippen LogP contribution in [-0.2, 0) is 19.7 Å². The van der Waals surface area contributed by atoms with E-state index >= 15 is 0 Å². The van der Waals surface area contributed by atoms with Crippen molar-refractivity contribution in [2.75, 3.05) is 0 Å². The fourth-order valence-corrected chi connectivity index (χ4v) is 2.97. The van der Waals surface area contributed by atoms with Crippen molar-refractivity contribution in [3.63, 3.8) is 0 Å². The fourth-order valence-electron chi connectivity index (χ4n) is 0.879. The van der Waals surface area contributed by atoms with Gasteiger partial charge in [0, 0.05) is 18.9 Å². The van der Waals surface area contributed by atoms with Crippen molar-refractivity contribution in [2.45, 2.75) is 21.1 Å². The van der Waals surface area contributed by atoms with E-state index in [4.69, 9.17) is 0 Å². The maximum atomic E-state index is 12.1. The summed E-state index contributed by atoms with van der Waals surface area (Å²) >= 11 is 0. The van der Waals surface area contributed by atoms with Gasteiger partial charge in [-0.3, -0.25) is 0 Å². The summed E-state index contributed by atoms with van der Waals surface area (Å²) in [5.74, 6) is 0. The maximum absolute atomic E-state index is 12.1. The number of rotatable bonds is 2. The smallest absolute Gasteiger partial charge is 0.334 e. The second-order valence-electron chi connectivity index (χ2n) is 2.94. The Morgan fingerprint density at radius 3 is 1.65 bits per heavy atom. The molecule has 0 amide bonds. The van der Waals surface area contributed by atoms with E-state index in [0.29, 0.717) is 0 Å². The Labute approximate surface area is 119 Å². The molecule has 1 heterocycles. The molecule has 111 valence electrons. The second kappa shape index (κ2) is 5.24. The molecule has 1 rings (SSSR count). The van der Waals surface area contributed by atoms with Crippen LogP contribution in [0.25, 0.3) is 0 Å². The standard InChI is InChI=1S/C5H2F6N2O4S2.Li/c6-4(7,8)18(14,15)2-3(13-1-12-2)19(16,17)5(9,10)11;/h1H,(H,12,13);. The van der Waals surface area contributed by atoms with E-state index in [-0.39, 0.29) is 25.2 Å². The molecule has 0 aliphatic heterocycles. The Morgan fingerprint density at radius 2 is 1.30 bits per heavy atom. The van der Waals surface area contributed by atoms with Gasteiger partial charge in [0.2, 0.25) is 5.03 Å². The number of sulfone groups is 2. The summed E-state index contributed by atoms with van der Waals surface area (Å²) in [6.45, 7) is 0. The van der Waals surface area contributed by atoms with Gasteiger partial charge >= 0.3 is 11.0 Å². The summed E-state index contributed by atoms with van der Waals surface area (Å²) in [6.07, 6.45) is 0.0945. The van der Waals surface area contributed by atoms with Crippen molar-refractivity contribution in [3.8, 4) is 0 Å². The van der Waals surface area contributed by atoms with Crippen LogP contribution in [-0.4, -0.2) is 56.7 Å². The molecule has 0 aliphatic carbocycles. The number of H-pyrrole nitrogens is 1. The summed E-state index contributed by atoms with van der Waals surface area (Å²) in [5, 5.41) is -4.44. The second-order valence-corrected chi connectivity index (χ2v) is 6.67. The molecule has 0 fully saturated rings. The van der Waals surface area contributed by atoms with Crippen LogP contribution in [0.4, 0.5) is 26.3 Å². The minimum Gasteiger partial charge on any atom is -0.334 e. The molecule has 20 heavy (non-hydrogen) atoms. The van der Waals surface area contributed by atoms with Crippen molar-refractivity contribution in [1.29, 1.82) is 0 Å². The van der Waals surface area contributed by atoms with Crippen molar-refractivity contribution >= 4 is 38.5 Å². The zero-order valence-corrected chi connectivity index (χ0v) is 10.9. The van der Waals surface area contributed by atoms with E-state index in [9.17, 15) is 43.2 Å². The van der Waals surface area contributed by atoms with Gasteiger partial charge in [0.15, 0.2) is 5.03 Å². The van der Waals surface area contributed by atoms with E-state index in [1.54, 1.807) is 0 Å². The van der Waals surface area contributed by atoms with Crippen LogP contribution < -0.4 is 0 Å². The molecule has 0 bridgehead atoms. The Kier molecular flexibility index (Phi) is 5.06. The van der Waals surface area contributed by atoms with Crippen molar-refractivity contribution in [2.24, 2.45) is 0 Å². The van der Waals surface area contributed by atoms with Gasteiger partial charge in [-0.15, -0.1) is 0 Å². The average Bonchev–Trinajstić information content (AvgIpc) is 2.62. The molecule has 6 nitrogen and oxygen atoms in total. The van der Waals surface area contributed by atoms with Crippen molar-refractivity contribution < 1.29 is 43.2 Å². The minimum absolute atomic E-state index is 0. The maximum Gasteiger partial charge on any atom is 0.503 e. The fraction of sp³-hybridized carbons (Fsp3) is 0.400. The molecular weight excluding hydrogens is 337 g/mol. The van der Waals surface area contributed by atoms with Gasteiger partial charge in [-0.1, -0.05) is 0 Å². The van der Waals surface area contributed by atoms with Gasteiger partial charge in [-0.05, 0) is 0 Å². The average molecular weight is 339 g/mol. The number of alkyl halides is 6. The Morgan fingerprint density at radius 1 is 0.900 bits per heavy atom. The minimum atomic E-state index is -6.33. The van der Waals surface area contributed by atoms with E-state index in [1.165, 1.54) is 4.98 Å². The number of aromatic amines is 1. The van der Waals surface area contributed by atoms with Crippen LogP contribution in [0.3, 0.4) is 0 Å². The van der Waals surface area contributed by atoms with Crippen molar-refractivity contribution in [1.82, 2.24) is 9.97 Å². The van der Waals surface area contributed by atoms with Crippen LogP contribution in [0, 0.1) is 0 Å². The van der Waals surface area contributed by atoms with Crippen LogP contribution in [0.5, 0.6) is 0 Å². The number of imidazole rings is 1. The molecule has 1 radical (unpaired) electrons. The van der Waals surface area contributed by atoms with Crippen LogP contribution >= 0.6 is 0 Å². The Bertz CT molecular complexity index is 629. The molecular formula is C5H2F6LiN2O4S2. The molecule has 0 saturated heterocycles. The molecule has 1 aromatic heterocycles. The number of nitrogens with one attached hydrogen (secondary N) is 1. The first-order chi connectivity index (χ1) is 8.23.